The fourth-order valence-electron chi connectivity index (χ4n) is 6.70. The molecule has 0 radical (unpaired) electrons. The Hall–Kier alpha value is -5.54. The Morgan fingerprint density at radius 3 is 1.06 bits per heavy atom. The van der Waals surface area contributed by atoms with Gasteiger partial charge in [0.05, 0.1) is 34.1 Å². The third-order valence-corrected chi connectivity index (χ3v) is 11.3. The fourth-order valence-corrected chi connectivity index (χ4v) is 7.99. The molecular weight excluding hydrogens is 725 g/mol. The van der Waals surface area contributed by atoms with E-state index in [1.54, 1.807) is 48.5 Å². The van der Waals surface area contributed by atoms with Gasteiger partial charge in [-0.1, -0.05) is 76.2 Å². The number of anilines is 2. The Labute approximate surface area is 314 Å². The van der Waals surface area contributed by atoms with Crippen molar-refractivity contribution in [2.75, 3.05) is 11.5 Å². The zero-order chi connectivity index (χ0) is 38.9. The van der Waals surface area contributed by atoms with Gasteiger partial charge in [0.25, 0.3) is 20.2 Å². The number of nitrogen functional groups attached to an aromatic ring is 2. The molecule has 0 heterocycles. The Bertz CT molecular complexity index is 2510. The van der Waals surface area contributed by atoms with E-state index < -0.39 is 30.0 Å². The molecule has 0 amide bonds. The second-order valence-corrected chi connectivity index (χ2v) is 15.5. The van der Waals surface area contributed by atoms with Crippen molar-refractivity contribution < 1.29 is 25.9 Å². The van der Waals surface area contributed by atoms with Gasteiger partial charge in [0.15, 0.2) is 0 Å². The van der Waals surface area contributed by atoms with Crippen molar-refractivity contribution in [2.24, 2.45) is 20.5 Å². The molecule has 6 N–H and O–H groups in total. The minimum Gasteiger partial charge on any atom is -0.397 e. The van der Waals surface area contributed by atoms with E-state index in [4.69, 9.17) is 11.5 Å². The highest BCUT2D eigenvalue weighted by Gasteiger charge is 2.21. The molecule has 0 bridgehead atoms. The Morgan fingerprint density at radius 1 is 0.481 bits per heavy atom. The average molecular weight is 765 g/mol. The molecule has 278 valence electrons. The number of nitrogens with two attached hydrogens (primary N) is 2. The van der Waals surface area contributed by atoms with Crippen LogP contribution in [0, 0.1) is 0 Å². The quantitative estimate of drug-likeness (QED) is 0.0565. The molecule has 6 rings (SSSR count). The molecule has 0 spiro atoms. The summed E-state index contributed by atoms with van der Waals surface area (Å²) in [7, 11) is -9.24. The summed E-state index contributed by atoms with van der Waals surface area (Å²) in [5.41, 5.74) is 19.7. The van der Waals surface area contributed by atoms with E-state index in [2.05, 4.69) is 44.7 Å². The summed E-state index contributed by atoms with van der Waals surface area (Å²) in [6, 6.07) is 24.7. The van der Waals surface area contributed by atoms with Gasteiger partial charge in [-0.05, 0) is 95.5 Å². The van der Waals surface area contributed by atoms with Gasteiger partial charge in [0.2, 0.25) is 0 Å². The number of hydrogen-bond acceptors (Lipinski definition) is 10. The lowest BCUT2D eigenvalue weighted by Gasteiger charge is -2.16. The lowest BCUT2D eigenvalue weighted by atomic mass is 9.92. The molecule has 54 heavy (non-hydrogen) atoms. The van der Waals surface area contributed by atoms with Crippen LogP contribution in [0.15, 0.2) is 115 Å². The van der Waals surface area contributed by atoms with Crippen LogP contribution in [-0.2, 0) is 45.9 Å². The number of nitrogens with zero attached hydrogens (tertiary/aromatic N) is 4. The van der Waals surface area contributed by atoms with Crippen molar-refractivity contribution in [1.82, 2.24) is 0 Å². The van der Waals surface area contributed by atoms with E-state index in [-0.39, 0.29) is 22.7 Å². The summed E-state index contributed by atoms with van der Waals surface area (Å²) >= 11 is 0. The van der Waals surface area contributed by atoms with Crippen LogP contribution in [0.3, 0.4) is 0 Å². The summed E-state index contributed by atoms with van der Waals surface area (Å²) < 4.78 is 68.4. The monoisotopic (exact) mass is 764 g/mol. The minimum absolute atomic E-state index is 0.0599. The van der Waals surface area contributed by atoms with Crippen molar-refractivity contribution in [3.8, 4) is 11.1 Å². The SMILES string of the molecule is CCc1cc(-c2cc(CC)c(N=Nc3cc(S(=O)(=O)O)c(N)c4ccccc34)c(CC)c2)cc(CC)c1N=Nc1cc(S(=O)(=O)O)c(N)c2ccccc12. The van der Waals surface area contributed by atoms with Gasteiger partial charge in [-0.25, -0.2) is 0 Å². The third kappa shape index (κ3) is 7.33. The molecule has 0 aliphatic rings. The van der Waals surface area contributed by atoms with E-state index >= 15 is 0 Å². The van der Waals surface area contributed by atoms with Crippen LogP contribution in [0.4, 0.5) is 34.1 Å². The van der Waals surface area contributed by atoms with Crippen molar-refractivity contribution in [2.45, 2.75) is 63.2 Å². The van der Waals surface area contributed by atoms with Crippen LogP contribution in [0.1, 0.15) is 49.9 Å². The zero-order valence-electron chi connectivity index (χ0n) is 30.2. The minimum atomic E-state index is -4.62. The summed E-state index contributed by atoms with van der Waals surface area (Å²) in [4.78, 5) is -0.855. The highest BCUT2D eigenvalue weighted by atomic mass is 32.2. The number of fused-ring (bicyclic) bond motifs is 2. The molecule has 0 saturated carbocycles. The Morgan fingerprint density at radius 2 is 0.778 bits per heavy atom. The molecule has 0 aliphatic heterocycles. The maximum absolute atomic E-state index is 12.2. The zero-order valence-corrected chi connectivity index (χ0v) is 31.8. The van der Waals surface area contributed by atoms with Crippen molar-refractivity contribution in [1.29, 1.82) is 0 Å². The van der Waals surface area contributed by atoms with Gasteiger partial charge in [-0.2, -0.15) is 16.8 Å². The Balaban J connectivity index is 1.44. The summed E-state index contributed by atoms with van der Waals surface area (Å²) in [5.74, 6) is 0. The van der Waals surface area contributed by atoms with Gasteiger partial charge in [0.1, 0.15) is 9.79 Å². The van der Waals surface area contributed by atoms with E-state index in [0.717, 1.165) is 33.4 Å². The average Bonchev–Trinajstić information content (AvgIpc) is 3.15. The number of hydrogen-bond donors (Lipinski definition) is 4. The Kier molecular flexibility index (Phi) is 10.7. The second-order valence-electron chi connectivity index (χ2n) is 12.8. The number of benzene rings is 6. The first kappa shape index (κ1) is 38.2. The predicted octanol–water partition coefficient (Wildman–Crippen LogP) is 10.4. The largest absolute Gasteiger partial charge is 0.397 e. The number of aryl methyl sites for hydroxylation is 4. The van der Waals surface area contributed by atoms with Gasteiger partial charge in [-0.15, -0.1) is 20.5 Å². The van der Waals surface area contributed by atoms with Crippen LogP contribution in [0.2, 0.25) is 0 Å². The maximum Gasteiger partial charge on any atom is 0.296 e. The molecule has 0 aliphatic carbocycles. The second kappa shape index (κ2) is 15.1. The smallest absolute Gasteiger partial charge is 0.296 e. The van der Waals surface area contributed by atoms with Crippen molar-refractivity contribution in [3.05, 3.63) is 107 Å². The molecule has 14 heteroatoms. The van der Waals surface area contributed by atoms with E-state index in [9.17, 15) is 25.9 Å². The fraction of sp³-hybridized carbons (Fsp3) is 0.200. The summed E-state index contributed by atoms with van der Waals surface area (Å²) in [5, 5.41) is 20.4. The molecule has 0 aromatic heterocycles. The van der Waals surface area contributed by atoms with Crippen molar-refractivity contribution >= 4 is 75.9 Å². The van der Waals surface area contributed by atoms with E-state index in [1.807, 2.05) is 27.7 Å². The van der Waals surface area contributed by atoms with E-state index in [0.29, 0.717) is 58.6 Å². The van der Waals surface area contributed by atoms with Gasteiger partial charge < -0.3 is 11.5 Å². The van der Waals surface area contributed by atoms with Crippen LogP contribution >= 0.6 is 0 Å². The molecule has 6 aromatic carbocycles. The molecule has 0 unspecified atom stereocenters. The highest BCUT2D eigenvalue weighted by molar-refractivity contribution is 7.86. The maximum atomic E-state index is 12.2. The topological polar surface area (TPSA) is 210 Å². The van der Waals surface area contributed by atoms with Crippen LogP contribution < -0.4 is 11.5 Å². The third-order valence-electron chi connectivity index (χ3n) is 9.52. The van der Waals surface area contributed by atoms with Gasteiger partial charge in [0, 0.05) is 21.5 Å². The van der Waals surface area contributed by atoms with Crippen LogP contribution in [-0.4, -0.2) is 25.9 Å². The van der Waals surface area contributed by atoms with E-state index in [1.165, 1.54) is 12.1 Å². The molecule has 0 atom stereocenters. The summed E-state index contributed by atoms with van der Waals surface area (Å²) in [6.45, 7) is 8.11. The first-order valence-corrected chi connectivity index (χ1v) is 20.3. The molecular formula is C40H40N6O6S2. The van der Waals surface area contributed by atoms with Gasteiger partial charge in [-0.3, -0.25) is 9.11 Å². The highest BCUT2D eigenvalue weighted by Crippen LogP contribution is 2.41. The number of rotatable bonds is 11. The lowest BCUT2D eigenvalue weighted by Crippen LogP contribution is -2.03. The van der Waals surface area contributed by atoms with Crippen LogP contribution in [0.5, 0.6) is 0 Å². The molecule has 0 saturated heterocycles. The first-order valence-electron chi connectivity index (χ1n) is 17.4. The molecule has 0 fully saturated rings. The molecule has 6 aromatic rings. The lowest BCUT2D eigenvalue weighted by molar-refractivity contribution is 0.481. The first-order chi connectivity index (χ1) is 25.7. The summed E-state index contributed by atoms with van der Waals surface area (Å²) in [6.07, 6.45) is 2.57. The van der Waals surface area contributed by atoms with Crippen molar-refractivity contribution in [3.63, 3.8) is 0 Å². The standard InChI is InChI=1S/C40H40N6O6S2/c1-5-23-17-27(18-24(6-2)39(23)45-43-33-21-35(53(47,48)49)37(41)31-15-11-9-13-29(31)33)28-19-25(7-3)40(26(8-4)20-28)46-44-34-22-36(54(50,51)52)38(42)32-16-12-10-14-30(32)34/h9-22H,5-8,41-42H2,1-4H3,(H,47,48,49)(H,50,51,52). The normalized spacial score (nSPS) is 12.5. The van der Waals surface area contributed by atoms with Crippen LogP contribution in [0.25, 0.3) is 32.7 Å². The van der Waals surface area contributed by atoms with Gasteiger partial charge >= 0.3 is 0 Å². The number of azo groups is 2. The predicted molar refractivity (Wildman–Crippen MR) is 214 cm³/mol. The molecule has 12 nitrogen and oxygen atoms in total.